The predicted octanol–water partition coefficient (Wildman–Crippen LogP) is 3.44. The molecular weight excluding hydrogens is 260 g/mol. The van der Waals surface area contributed by atoms with Gasteiger partial charge in [0.1, 0.15) is 0 Å². The van der Waals surface area contributed by atoms with Gasteiger partial charge in [0.15, 0.2) is 5.78 Å². The van der Waals surface area contributed by atoms with Crippen LogP contribution < -0.4 is 5.32 Å². The fourth-order valence-corrected chi connectivity index (χ4v) is 3.29. The summed E-state index contributed by atoms with van der Waals surface area (Å²) in [6, 6.07) is 7.88. The molecule has 1 aromatic carbocycles. The Hall–Kier alpha value is -1.74. The van der Waals surface area contributed by atoms with Gasteiger partial charge in [0.05, 0.1) is 0 Å². The van der Waals surface area contributed by atoms with Gasteiger partial charge in [0.25, 0.3) is 0 Å². The number of aromatic nitrogens is 1. The Morgan fingerprint density at radius 2 is 2.33 bits per heavy atom. The molecule has 21 heavy (non-hydrogen) atoms. The highest BCUT2D eigenvalue weighted by Gasteiger charge is 2.23. The van der Waals surface area contributed by atoms with Crippen molar-refractivity contribution in [1.29, 1.82) is 0 Å². The summed E-state index contributed by atoms with van der Waals surface area (Å²) >= 11 is 0. The quantitative estimate of drug-likeness (QED) is 0.873. The lowest BCUT2D eigenvalue weighted by molar-refractivity contribution is 0.0944. The molecule has 0 radical (unpaired) electrons. The SMILES string of the molecule is CC(CC(=O)c1cccc2ccncc12)C1CCCNC1. The average molecular weight is 282 g/mol. The molecule has 0 aliphatic carbocycles. The van der Waals surface area contributed by atoms with Gasteiger partial charge in [-0.25, -0.2) is 0 Å². The summed E-state index contributed by atoms with van der Waals surface area (Å²) in [6.45, 7) is 4.37. The third kappa shape index (κ3) is 3.13. The van der Waals surface area contributed by atoms with Gasteiger partial charge in [-0.05, 0) is 49.2 Å². The van der Waals surface area contributed by atoms with Crippen LogP contribution in [-0.2, 0) is 0 Å². The number of Topliss-reactive ketones (excluding diaryl/α,β-unsaturated/α-hetero) is 1. The van der Waals surface area contributed by atoms with Gasteiger partial charge in [-0.1, -0.05) is 25.1 Å². The number of piperidine rings is 1. The molecule has 2 aromatic rings. The van der Waals surface area contributed by atoms with E-state index in [0.29, 0.717) is 18.3 Å². The number of ketones is 1. The van der Waals surface area contributed by atoms with E-state index in [-0.39, 0.29) is 5.78 Å². The van der Waals surface area contributed by atoms with Crippen LogP contribution in [-0.4, -0.2) is 23.9 Å². The molecule has 1 N–H and O–H groups in total. The minimum Gasteiger partial charge on any atom is -0.316 e. The van der Waals surface area contributed by atoms with Crippen molar-refractivity contribution in [2.75, 3.05) is 13.1 Å². The van der Waals surface area contributed by atoms with Crippen LogP contribution in [0.3, 0.4) is 0 Å². The first-order chi connectivity index (χ1) is 10.3. The summed E-state index contributed by atoms with van der Waals surface area (Å²) in [4.78, 5) is 16.8. The number of carbonyl (C=O) groups is 1. The number of pyridine rings is 1. The maximum atomic E-state index is 12.7. The molecule has 3 nitrogen and oxygen atoms in total. The molecule has 1 fully saturated rings. The molecule has 1 saturated heterocycles. The van der Waals surface area contributed by atoms with Gasteiger partial charge in [-0.3, -0.25) is 9.78 Å². The van der Waals surface area contributed by atoms with Crippen LogP contribution in [0.4, 0.5) is 0 Å². The van der Waals surface area contributed by atoms with Crippen LogP contribution >= 0.6 is 0 Å². The van der Waals surface area contributed by atoms with E-state index in [0.717, 1.165) is 29.4 Å². The van der Waals surface area contributed by atoms with Gasteiger partial charge in [-0.2, -0.15) is 0 Å². The Bertz CT molecular complexity index is 627. The summed E-state index contributed by atoms with van der Waals surface area (Å²) in [5.41, 5.74) is 0.816. The van der Waals surface area contributed by atoms with Crippen LogP contribution in [0.1, 0.15) is 36.5 Å². The Balaban J connectivity index is 1.77. The molecular formula is C18H22N2O. The highest BCUT2D eigenvalue weighted by Crippen LogP contribution is 2.26. The normalized spacial score (nSPS) is 20.3. The van der Waals surface area contributed by atoms with Crippen LogP contribution in [0.15, 0.2) is 36.7 Å². The first-order valence-electron chi connectivity index (χ1n) is 7.82. The molecule has 2 heterocycles. The second-order valence-electron chi connectivity index (χ2n) is 6.11. The largest absolute Gasteiger partial charge is 0.316 e. The molecule has 2 unspecified atom stereocenters. The Morgan fingerprint density at radius 1 is 1.43 bits per heavy atom. The number of carbonyl (C=O) groups excluding carboxylic acids is 1. The van der Waals surface area contributed by atoms with Gasteiger partial charge in [-0.15, -0.1) is 0 Å². The first-order valence-corrected chi connectivity index (χ1v) is 7.82. The van der Waals surface area contributed by atoms with Crippen molar-refractivity contribution in [3.05, 3.63) is 42.2 Å². The standard InChI is InChI=1S/C18H22N2O/c1-13(15-5-3-8-19-11-15)10-18(21)16-6-2-4-14-7-9-20-12-17(14)16/h2,4,6-7,9,12-13,15,19H,3,5,8,10-11H2,1H3. The van der Waals surface area contributed by atoms with Crippen molar-refractivity contribution in [2.45, 2.75) is 26.2 Å². The summed E-state index contributed by atoms with van der Waals surface area (Å²) in [5, 5.41) is 5.49. The summed E-state index contributed by atoms with van der Waals surface area (Å²) < 4.78 is 0. The zero-order valence-corrected chi connectivity index (χ0v) is 12.5. The molecule has 2 atom stereocenters. The zero-order valence-electron chi connectivity index (χ0n) is 12.5. The average Bonchev–Trinajstić information content (AvgIpc) is 2.55. The lowest BCUT2D eigenvalue weighted by Crippen LogP contribution is -2.34. The van der Waals surface area contributed by atoms with Crippen molar-refractivity contribution < 1.29 is 4.79 Å². The zero-order chi connectivity index (χ0) is 14.7. The third-order valence-electron chi connectivity index (χ3n) is 4.63. The van der Waals surface area contributed by atoms with E-state index in [2.05, 4.69) is 17.2 Å². The number of benzene rings is 1. The van der Waals surface area contributed by atoms with Crippen LogP contribution in [0.2, 0.25) is 0 Å². The second kappa shape index (κ2) is 6.35. The number of hydrogen-bond acceptors (Lipinski definition) is 3. The van der Waals surface area contributed by atoms with Crippen molar-refractivity contribution in [3.8, 4) is 0 Å². The van der Waals surface area contributed by atoms with Gasteiger partial charge >= 0.3 is 0 Å². The summed E-state index contributed by atoms with van der Waals surface area (Å²) in [7, 11) is 0. The van der Waals surface area contributed by atoms with E-state index in [1.165, 1.54) is 12.8 Å². The molecule has 1 aromatic heterocycles. The monoisotopic (exact) mass is 282 g/mol. The molecule has 0 amide bonds. The molecule has 0 spiro atoms. The topological polar surface area (TPSA) is 42.0 Å². The number of nitrogens with one attached hydrogen (secondary N) is 1. The van der Waals surface area contributed by atoms with Crippen molar-refractivity contribution in [2.24, 2.45) is 11.8 Å². The van der Waals surface area contributed by atoms with Crippen LogP contribution in [0, 0.1) is 11.8 Å². The van der Waals surface area contributed by atoms with E-state index in [1.807, 2.05) is 24.3 Å². The first kappa shape index (κ1) is 14.2. The van der Waals surface area contributed by atoms with Gasteiger partial charge in [0.2, 0.25) is 0 Å². The third-order valence-corrected chi connectivity index (χ3v) is 4.63. The van der Waals surface area contributed by atoms with Crippen LogP contribution in [0.25, 0.3) is 10.8 Å². The van der Waals surface area contributed by atoms with Crippen molar-refractivity contribution >= 4 is 16.6 Å². The van der Waals surface area contributed by atoms with E-state index < -0.39 is 0 Å². The van der Waals surface area contributed by atoms with Crippen LogP contribution in [0.5, 0.6) is 0 Å². The fraction of sp³-hybridized carbons (Fsp3) is 0.444. The number of rotatable bonds is 4. The van der Waals surface area contributed by atoms with Gasteiger partial charge < -0.3 is 5.32 Å². The predicted molar refractivity (Wildman–Crippen MR) is 85.4 cm³/mol. The minimum atomic E-state index is 0.242. The Labute approximate surface area is 125 Å². The number of hydrogen-bond donors (Lipinski definition) is 1. The lowest BCUT2D eigenvalue weighted by Gasteiger charge is -2.28. The smallest absolute Gasteiger partial charge is 0.163 e. The number of fused-ring (bicyclic) bond motifs is 1. The maximum Gasteiger partial charge on any atom is 0.163 e. The second-order valence-corrected chi connectivity index (χ2v) is 6.11. The van der Waals surface area contributed by atoms with E-state index >= 15 is 0 Å². The van der Waals surface area contributed by atoms with Crippen molar-refractivity contribution in [3.63, 3.8) is 0 Å². The van der Waals surface area contributed by atoms with E-state index in [4.69, 9.17) is 0 Å². The lowest BCUT2D eigenvalue weighted by atomic mass is 9.83. The fourth-order valence-electron chi connectivity index (χ4n) is 3.29. The molecule has 3 heteroatoms. The van der Waals surface area contributed by atoms with E-state index in [1.54, 1.807) is 12.4 Å². The van der Waals surface area contributed by atoms with E-state index in [9.17, 15) is 4.79 Å². The number of nitrogens with zero attached hydrogens (tertiary/aromatic N) is 1. The van der Waals surface area contributed by atoms with Gasteiger partial charge in [0, 0.05) is 29.8 Å². The molecule has 0 bridgehead atoms. The highest BCUT2D eigenvalue weighted by atomic mass is 16.1. The highest BCUT2D eigenvalue weighted by molar-refractivity contribution is 6.07. The summed E-state index contributed by atoms with van der Waals surface area (Å²) in [6.07, 6.45) is 6.66. The maximum absolute atomic E-state index is 12.7. The molecule has 1 aliphatic rings. The Kier molecular flexibility index (Phi) is 4.30. The van der Waals surface area contributed by atoms with Crippen molar-refractivity contribution in [1.82, 2.24) is 10.3 Å². The molecule has 3 rings (SSSR count). The minimum absolute atomic E-state index is 0.242. The molecule has 110 valence electrons. The summed E-state index contributed by atoms with van der Waals surface area (Å²) in [5.74, 6) is 1.29. The molecule has 1 aliphatic heterocycles. The molecule has 0 saturated carbocycles. The Morgan fingerprint density at radius 3 is 3.14 bits per heavy atom.